The summed E-state index contributed by atoms with van der Waals surface area (Å²) < 4.78 is 4.97. The van der Waals surface area contributed by atoms with E-state index in [9.17, 15) is 4.79 Å². The molecule has 2 aromatic heterocycles. The number of fused-ring (bicyclic) bond motifs is 1. The molecule has 88 valence electrons. The van der Waals surface area contributed by atoms with Crippen molar-refractivity contribution in [1.82, 2.24) is 9.97 Å². The highest BCUT2D eigenvalue weighted by Crippen LogP contribution is 2.25. The summed E-state index contributed by atoms with van der Waals surface area (Å²) in [5, 5.41) is 2.38. The zero-order chi connectivity index (χ0) is 11.1. The number of halogens is 1. The van der Waals surface area contributed by atoms with Gasteiger partial charge in [0.05, 0.1) is 11.2 Å². The Balaban J connectivity index is 0.00000108. The van der Waals surface area contributed by atoms with Gasteiger partial charge in [-0.2, -0.15) is 0 Å². The van der Waals surface area contributed by atoms with E-state index in [1.54, 1.807) is 12.1 Å². The number of nitrogens with two attached hydrogens (primary N) is 1. The molecule has 17 heavy (non-hydrogen) atoms. The second-order valence-corrected chi connectivity index (χ2v) is 4.19. The van der Waals surface area contributed by atoms with Crippen molar-refractivity contribution in [2.45, 2.75) is 0 Å². The van der Waals surface area contributed by atoms with Gasteiger partial charge in [0.2, 0.25) is 0 Å². The molecule has 0 atom stereocenters. The molecule has 0 unspecified atom stereocenters. The van der Waals surface area contributed by atoms with Crippen LogP contribution in [0.2, 0.25) is 0 Å². The van der Waals surface area contributed by atoms with Crippen LogP contribution in [-0.2, 0) is 0 Å². The third-order valence-corrected chi connectivity index (χ3v) is 2.91. The lowest BCUT2D eigenvalue weighted by Crippen LogP contribution is -1.92. The van der Waals surface area contributed by atoms with E-state index in [0.29, 0.717) is 16.2 Å². The normalized spacial score (nSPS) is 10.4. The predicted molar refractivity (Wildman–Crippen MR) is 69.6 cm³/mol. The van der Waals surface area contributed by atoms with Gasteiger partial charge < -0.3 is 10.2 Å². The lowest BCUT2D eigenvalue weighted by atomic mass is 10.1. The summed E-state index contributed by atoms with van der Waals surface area (Å²) in [6, 6.07) is 5.41. The number of H-pyrrole nitrogens is 1. The van der Waals surface area contributed by atoms with Gasteiger partial charge in [0.25, 0.3) is 0 Å². The van der Waals surface area contributed by atoms with Crippen LogP contribution in [0.5, 0.6) is 0 Å². The Labute approximate surface area is 106 Å². The number of rotatable bonds is 1. The number of thiazole rings is 1. The summed E-state index contributed by atoms with van der Waals surface area (Å²) in [6.45, 7) is 0. The topological polar surface area (TPSA) is 84.9 Å². The zero-order valence-electron chi connectivity index (χ0n) is 8.47. The average molecular weight is 270 g/mol. The van der Waals surface area contributed by atoms with Gasteiger partial charge in [0.1, 0.15) is 0 Å². The van der Waals surface area contributed by atoms with Gasteiger partial charge in [-0.3, -0.25) is 4.98 Å². The van der Waals surface area contributed by atoms with E-state index in [4.69, 9.17) is 10.2 Å². The van der Waals surface area contributed by atoms with Crippen molar-refractivity contribution in [2.24, 2.45) is 0 Å². The molecule has 0 aliphatic carbocycles. The lowest BCUT2D eigenvalue weighted by molar-refractivity contribution is 0.555. The number of oxazole rings is 1. The number of anilines is 1. The van der Waals surface area contributed by atoms with E-state index < -0.39 is 5.76 Å². The molecular weight excluding hydrogens is 262 g/mol. The highest BCUT2D eigenvalue weighted by atomic mass is 35.5. The largest absolute Gasteiger partial charge is 0.417 e. The Hall–Kier alpha value is -1.79. The smallest absolute Gasteiger partial charge is 0.408 e. The molecule has 0 radical (unpaired) electrons. The maximum atomic E-state index is 11.0. The van der Waals surface area contributed by atoms with Crippen molar-refractivity contribution in [2.75, 3.05) is 5.73 Å². The molecule has 3 rings (SSSR count). The summed E-state index contributed by atoms with van der Waals surface area (Å²) in [4.78, 5) is 17.7. The molecule has 5 nitrogen and oxygen atoms in total. The average Bonchev–Trinajstić information content (AvgIpc) is 2.81. The number of nitrogens with one attached hydrogen (secondary N) is 1. The first-order chi connectivity index (χ1) is 7.72. The predicted octanol–water partition coefficient (Wildman–Crippen LogP) is 2.25. The molecule has 0 fully saturated rings. The summed E-state index contributed by atoms with van der Waals surface area (Å²) in [5.41, 5.74) is 8.42. The number of hydrogen-bond donors (Lipinski definition) is 2. The third kappa shape index (κ3) is 2.04. The SMILES string of the molecule is Cl.Nc1nc(-c2ccc3[nH]c(=O)oc3c2)cs1. The van der Waals surface area contributed by atoms with Gasteiger partial charge in [-0.15, -0.1) is 23.7 Å². The Bertz CT molecular complexity index is 715. The second-order valence-electron chi connectivity index (χ2n) is 3.30. The van der Waals surface area contributed by atoms with Crippen molar-refractivity contribution in [3.8, 4) is 11.3 Å². The molecule has 2 heterocycles. The highest BCUT2D eigenvalue weighted by molar-refractivity contribution is 7.13. The number of nitrogen functional groups attached to an aromatic ring is 1. The van der Waals surface area contributed by atoms with Gasteiger partial charge in [0, 0.05) is 10.9 Å². The van der Waals surface area contributed by atoms with E-state index in [-0.39, 0.29) is 12.4 Å². The minimum absolute atomic E-state index is 0. The van der Waals surface area contributed by atoms with Gasteiger partial charge >= 0.3 is 5.76 Å². The molecule has 3 N–H and O–H groups in total. The van der Waals surface area contributed by atoms with E-state index >= 15 is 0 Å². The van der Waals surface area contributed by atoms with Gasteiger partial charge in [-0.1, -0.05) is 6.07 Å². The Morgan fingerprint density at radius 2 is 2.24 bits per heavy atom. The van der Waals surface area contributed by atoms with Crippen molar-refractivity contribution in [3.63, 3.8) is 0 Å². The van der Waals surface area contributed by atoms with Gasteiger partial charge in [-0.05, 0) is 12.1 Å². The quantitative estimate of drug-likeness (QED) is 0.709. The summed E-state index contributed by atoms with van der Waals surface area (Å²) >= 11 is 1.38. The molecule has 0 bridgehead atoms. The van der Waals surface area contributed by atoms with Crippen LogP contribution < -0.4 is 11.5 Å². The molecule has 3 aromatic rings. The molecule has 0 aliphatic heterocycles. The van der Waals surface area contributed by atoms with Gasteiger partial charge in [0.15, 0.2) is 10.7 Å². The van der Waals surface area contributed by atoms with E-state index in [1.807, 2.05) is 11.4 Å². The fraction of sp³-hybridized carbons (Fsp3) is 0. The fourth-order valence-electron chi connectivity index (χ4n) is 1.52. The van der Waals surface area contributed by atoms with Crippen LogP contribution in [0.1, 0.15) is 0 Å². The number of benzene rings is 1. The summed E-state index contributed by atoms with van der Waals surface area (Å²) in [5.74, 6) is -0.454. The molecule has 0 amide bonds. The lowest BCUT2D eigenvalue weighted by Gasteiger charge is -1.94. The summed E-state index contributed by atoms with van der Waals surface area (Å²) in [7, 11) is 0. The first kappa shape index (κ1) is 11.7. The van der Waals surface area contributed by atoms with Crippen molar-refractivity contribution in [1.29, 1.82) is 0 Å². The molecule has 7 heteroatoms. The van der Waals surface area contributed by atoms with Crippen LogP contribution in [-0.4, -0.2) is 9.97 Å². The zero-order valence-corrected chi connectivity index (χ0v) is 10.1. The first-order valence-electron chi connectivity index (χ1n) is 4.56. The fourth-order valence-corrected chi connectivity index (χ4v) is 2.10. The standard InChI is InChI=1S/C10H7N3O2S.ClH/c11-9-12-7(4-16-9)5-1-2-6-8(3-5)15-10(14)13-6;/h1-4H,(H2,11,12)(H,13,14);1H. The molecule has 0 saturated carbocycles. The third-order valence-electron chi connectivity index (χ3n) is 2.24. The Morgan fingerprint density at radius 3 is 2.94 bits per heavy atom. The molecule has 0 spiro atoms. The van der Waals surface area contributed by atoms with Crippen LogP contribution in [0.15, 0.2) is 32.8 Å². The van der Waals surface area contributed by atoms with E-state index in [2.05, 4.69) is 9.97 Å². The minimum Gasteiger partial charge on any atom is -0.408 e. The number of nitrogens with zero attached hydrogens (tertiary/aromatic N) is 1. The minimum atomic E-state index is -0.454. The molecule has 0 saturated heterocycles. The monoisotopic (exact) mass is 269 g/mol. The van der Waals surface area contributed by atoms with E-state index in [0.717, 1.165) is 11.3 Å². The highest BCUT2D eigenvalue weighted by Gasteiger charge is 2.06. The van der Waals surface area contributed by atoms with Crippen molar-refractivity contribution in [3.05, 3.63) is 34.1 Å². The maximum Gasteiger partial charge on any atom is 0.417 e. The van der Waals surface area contributed by atoms with E-state index in [1.165, 1.54) is 11.3 Å². The Kier molecular flexibility index (Phi) is 2.91. The van der Waals surface area contributed by atoms with Gasteiger partial charge in [-0.25, -0.2) is 9.78 Å². The van der Waals surface area contributed by atoms with Crippen LogP contribution in [0, 0.1) is 0 Å². The first-order valence-corrected chi connectivity index (χ1v) is 5.44. The Morgan fingerprint density at radius 1 is 1.41 bits per heavy atom. The van der Waals surface area contributed by atoms with Crippen LogP contribution in [0.25, 0.3) is 22.4 Å². The number of aromatic amines is 1. The number of hydrogen-bond acceptors (Lipinski definition) is 5. The van der Waals surface area contributed by atoms with Crippen LogP contribution in [0.4, 0.5) is 5.13 Å². The number of aromatic nitrogens is 2. The molecule has 0 aliphatic rings. The van der Waals surface area contributed by atoms with Crippen LogP contribution >= 0.6 is 23.7 Å². The van der Waals surface area contributed by atoms with Crippen molar-refractivity contribution < 1.29 is 4.42 Å². The maximum absolute atomic E-state index is 11.0. The summed E-state index contributed by atoms with van der Waals surface area (Å²) in [6.07, 6.45) is 0. The van der Waals surface area contributed by atoms with Crippen molar-refractivity contribution >= 4 is 40.0 Å². The second kappa shape index (κ2) is 4.23. The molecular formula is C10H8ClN3O2S. The molecule has 1 aromatic carbocycles. The van der Waals surface area contributed by atoms with Crippen LogP contribution in [0.3, 0.4) is 0 Å².